The van der Waals surface area contributed by atoms with Crippen LogP contribution >= 0.6 is 0 Å². The second-order valence-corrected chi connectivity index (χ2v) is 3.80. The van der Waals surface area contributed by atoms with E-state index >= 15 is 0 Å². The van der Waals surface area contributed by atoms with Crippen LogP contribution in [-0.4, -0.2) is 29.5 Å². The zero-order chi connectivity index (χ0) is 10.6. The SMILES string of the molecule is COCC(C)Nc1cnn(C(C)C)c1. The molecule has 0 fully saturated rings. The minimum atomic E-state index is 0.310. The summed E-state index contributed by atoms with van der Waals surface area (Å²) in [4.78, 5) is 0. The number of nitrogens with one attached hydrogen (secondary N) is 1. The van der Waals surface area contributed by atoms with Crippen molar-refractivity contribution in [2.45, 2.75) is 32.9 Å². The average molecular weight is 197 g/mol. The van der Waals surface area contributed by atoms with Crippen LogP contribution in [0.5, 0.6) is 0 Å². The summed E-state index contributed by atoms with van der Waals surface area (Å²) >= 11 is 0. The van der Waals surface area contributed by atoms with Crippen molar-refractivity contribution in [1.29, 1.82) is 0 Å². The highest BCUT2D eigenvalue weighted by Gasteiger charge is 2.04. The predicted molar refractivity (Wildman–Crippen MR) is 57.6 cm³/mol. The molecule has 1 N–H and O–H groups in total. The van der Waals surface area contributed by atoms with Gasteiger partial charge in [0.1, 0.15) is 0 Å². The van der Waals surface area contributed by atoms with Gasteiger partial charge in [-0.3, -0.25) is 4.68 Å². The van der Waals surface area contributed by atoms with Gasteiger partial charge in [0.2, 0.25) is 0 Å². The molecule has 0 amide bonds. The Morgan fingerprint density at radius 1 is 1.50 bits per heavy atom. The first kappa shape index (κ1) is 11.0. The third-order valence-corrected chi connectivity index (χ3v) is 1.96. The summed E-state index contributed by atoms with van der Waals surface area (Å²) in [5, 5.41) is 7.55. The molecule has 0 aliphatic heterocycles. The van der Waals surface area contributed by atoms with Gasteiger partial charge in [-0.25, -0.2) is 0 Å². The number of nitrogens with zero attached hydrogens (tertiary/aromatic N) is 2. The van der Waals surface area contributed by atoms with Crippen LogP contribution in [0.4, 0.5) is 5.69 Å². The largest absolute Gasteiger partial charge is 0.383 e. The Morgan fingerprint density at radius 3 is 2.71 bits per heavy atom. The van der Waals surface area contributed by atoms with Crippen molar-refractivity contribution in [2.75, 3.05) is 19.0 Å². The van der Waals surface area contributed by atoms with Gasteiger partial charge in [0.15, 0.2) is 0 Å². The van der Waals surface area contributed by atoms with Gasteiger partial charge < -0.3 is 10.1 Å². The molecule has 1 heterocycles. The van der Waals surface area contributed by atoms with Gasteiger partial charge in [-0.05, 0) is 20.8 Å². The Hall–Kier alpha value is -1.03. The smallest absolute Gasteiger partial charge is 0.0729 e. The summed E-state index contributed by atoms with van der Waals surface area (Å²) in [7, 11) is 1.70. The summed E-state index contributed by atoms with van der Waals surface area (Å²) < 4.78 is 6.97. The Kier molecular flexibility index (Phi) is 3.95. The van der Waals surface area contributed by atoms with Crippen molar-refractivity contribution >= 4 is 5.69 Å². The van der Waals surface area contributed by atoms with E-state index in [-0.39, 0.29) is 0 Å². The van der Waals surface area contributed by atoms with Gasteiger partial charge in [0, 0.05) is 25.4 Å². The fourth-order valence-electron chi connectivity index (χ4n) is 1.27. The lowest BCUT2D eigenvalue weighted by molar-refractivity contribution is 0.190. The minimum Gasteiger partial charge on any atom is -0.383 e. The Labute approximate surface area is 85.3 Å². The van der Waals surface area contributed by atoms with E-state index in [1.807, 2.05) is 17.1 Å². The second-order valence-electron chi connectivity index (χ2n) is 3.80. The van der Waals surface area contributed by atoms with E-state index in [1.54, 1.807) is 7.11 Å². The van der Waals surface area contributed by atoms with E-state index in [0.717, 1.165) is 5.69 Å². The van der Waals surface area contributed by atoms with E-state index in [4.69, 9.17) is 4.74 Å². The maximum Gasteiger partial charge on any atom is 0.0729 e. The minimum absolute atomic E-state index is 0.310. The van der Waals surface area contributed by atoms with Crippen molar-refractivity contribution < 1.29 is 4.74 Å². The molecule has 0 spiro atoms. The lowest BCUT2D eigenvalue weighted by Crippen LogP contribution is -2.20. The molecule has 1 atom stereocenters. The summed E-state index contributed by atoms with van der Waals surface area (Å²) in [5.74, 6) is 0. The van der Waals surface area contributed by atoms with Gasteiger partial charge in [0.05, 0.1) is 18.5 Å². The van der Waals surface area contributed by atoms with E-state index in [2.05, 4.69) is 31.2 Å². The van der Waals surface area contributed by atoms with Crippen molar-refractivity contribution in [3.63, 3.8) is 0 Å². The Balaban J connectivity index is 2.51. The van der Waals surface area contributed by atoms with Gasteiger partial charge >= 0.3 is 0 Å². The number of methoxy groups -OCH3 is 1. The standard InChI is InChI=1S/C10H19N3O/c1-8(2)13-6-10(5-11-13)12-9(3)7-14-4/h5-6,8-9,12H,7H2,1-4H3. The fourth-order valence-corrected chi connectivity index (χ4v) is 1.27. The molecule has 14 heavy (non-hydrogen) atoms. The molecule has 80 valence electrons. The van der Waals surface area contributed by atoms with Gasteiger partial charge in [-0.1, -0.05) is 0 Å². The van der Waals surface area contributed by atoms with Crippen molar-refractivity contribution in [3.05, 3.63) is 12.4 Å². The first-order chi connectivity index (χ1) is 6.63. The zero-order valence-electron chi connectivity index (χ0n) is 9.32. The average Bonchev–Trinajstić information content (AvgIpc) is 2.53. The highest BCUT2D eigenvalue weighted by molar-refractivity contribution is 5.39. The quantitative estimate of drug-likeness (QED) is 0.783. The van der Waals surface area contributed by atoms with Crippen LogP contribution in [0.15, 0.2) is 12.4 Å². The molecule has 1 aromatic rings. The molecule has 1 unspecified atom stereocenters. The van der Waals surface area contributed by atoms with Crippen LogP contribution in [0.3, 0.4) is 0 Å². The monoisotopic (exact) mass is 197 g/mol. The number of hydrogen-bond donors (Lipinski definition) is 1. The third-order valence-electron chi connectivity index (χ3n) is 1.96. The van der Waals surface area contributed by atoms with Gasteiger partial charge in [-0.15, -0.1) is 0 Å². The molecule has 4 heteroatoms. The van der Waals surface area contributed by atoms with Crippen molar-refractivity contribution in [3.8, 4) is 0 Å². The topological polar surface area (TPSA) is 39.1 Å². The van der Waals surface area contributed by atoms with E-state index in [9.17, 15) is 0 Å². The summed E-state index contributed by atoms with van der Waals surface area (Å²) in [6.07, 6.45) is 3.85. The molecule has 0 aromatic carbocycles. The highest BCUT2D eigenvalue weighted by Crippen LogP contribution is 2.10. The third kappa shape index (κ3) is 3.03. The first-order valence-corrected chi connectivity index (χ1v) is 4.93. The summed E-state index contributed by atoms with van der Waals surface area (Å²) in [6.45, 7) is 6.99. The molecular formula is C10H19N3O. The number of anilines is 1. The lowest BCUT2D eigenvalue weighted by Gasteiger charge is -2.11. The van der Waals surface area contributed by atoms with Crippen LogP contribution in [0, 0.1) is 0 Å². The highest BCUT2D eigenvalue weighted by atomic mass is 16.5. The van der Waals surface area contributed by atoms with E-state index in [1.165, 1.54) is 0 Å². The van der Waals surface area contributed by atoms with Crippen LogP contribution in [0.1, 0.15) is 26.8 Å². The van der Waals surface area contributed by atoms with Gasteiger partial charge in [-0.2, -0.15) is 5.10 Å². The number of ether oxygens (including phenoxy) is 1. The number of aromatic nitrogens is 2. The molecule has 4 nitrogen and oxygen atoms in total. The molecule has 0 aliphatic rings. The lowest BCUT2D eigenvalue weighted by atomic mass is 10.3. The van der Waals surface area contributed by atoms with Crippen molar-refractivity contribution in [2.24, 2.45) is 0 Å². The Morgan fingerprint density at radius 2 is 2.21 bits per heavy atom. The predicted octanol–water partition coefficient (Wildman–Crippen LogP) is 1.91. The number of rotatable bonds is 5. The molecule has 1 rings (SSSR count). The molecule has 1 aromatic heterocycles. The zero-order valence-corrected chi connectivity index (χ0v) is 9.32. The van der Waals surface area contributed by atoms with Crippen LogP contribution in [0.25, 0.3) is 0 Å². The molecule has 0 bridgehead atoms. The molecule has 0 radical (unpaired) electrons. The summed E-state index contributed by atoms with van der Waals surface area (Å²) in [6, 6.07) is 0.716. The van der Waals surface area contributed by atoms with E-state index < -0.39 is 0 Å². The maximum atomic E-state index is 5.04. The first-order valence-electron chi connectivity index (χ1n) is 4.93. The molecule has 0 aliphatic carbocycles. The number of hydrogen-bond acceptors (Lipinski definition) is 3. The molecule has 0 saturated heterocycles. The normalized spacial score (nSPS) is 13.2. The van der Waals surface area contributed by atoms with E-state index in [0.29, 0.717) is 18.7 Å². The fraction of sp³-hybridized carbons (Fsp3) is 0.700. The maximum absolute atomic E-state index is 5.04. The van der Waals surface area contributed by atoms with Crippen LogP contribution in [-0.2, 0) is 4.74 Å². The second kappa shape index (κ2) is 5.00. The molecular weight excluding hydrogens is 178 g/mol. The Bertz CT molecular complexity index is 270. The van der Waals surface area contributed by atoms with Crippen LogP contribution < -0.4 is 5.32 Å². The van der Waals surface area contributed by atoms with Gasteiger partial charge in [0.25, 0.3) is 0 Å². The molecule has 0 saturated carbocycles. The van der Waals surface area contributed by atoms with Crippen LogP contribution in [0.2, 0.25) is 0 Å². The summed E-state index contributed by atoms with van der Waals surface area (Å²) in [5.41, 5.74) is 1.04. The van der Waals surface area contributed by atoms with Crippen molar-refractivity contribution in [1.82, 2.24) is 9.78 Å².